The molecule has 21 heavy (non-hydrogen) atoms. The Morgan fingerprint density at radius 1 is 0.810 bits per heavy atom. The predicted octanol–water partition coefficient (Wildman–Crippen LogP) is 3.33. The van der Waals surface area contributed by atoms with Gasteiger partial charge in [0.15, 0.2) is 6.29 Å². The summed E-state index contributed by atoms with van der Waals surface area (Å²) in [7, 11) is 0. The highest BCUT2D eigenvalue weighted by Gasteiger charge is 2.03. The van der Waals surface area contributed by atoms with Crippen LogP contribution < -0.4 is 5.73 Å². The van der Waals surface area contributed by atoms with Gasteiger partial charge in [-0.25, -0.2) is 0 Å². The number of anilines is 1. The number of carbonyl (C=O) groups is 1. The van der Waals surface area contributed by atoms with Crippen molar-refractivity contribution in [3.05, 3.63) is 66.2 Å². The molecule has 4 nitrogen and oxygen atoms in total. The fraction of sp³-hybridized carbons (Fsp3) is 0. The normalized spacial score (nSPS) is 9.71. The third-order valence-electron chi connectivity index (χ3n) is 3.00. The van der Waals surface area contributed by atoms with Gasteiger partial charge in [-0.3, -0.25) is 4.79 Å². The highest BCUT2D eigenvalue weighted by molar-refractivity contribution is 6.00. The van der Waals surface area contributed by atoms with Crippen LogP contribution in [0.25, 0.3) is 10.8 Å². The molecule has 3 aromatic rings. The molecule has 0 bridgehead atoms. The monoisotopic (exact) mass is 281 g/mol. The maximum Gasteiger partial charge on any atom is 0.154 e. The number of hydrogen-bond acceptors (Lipinski definition) is 4. The van der Waals surface area contributed by atoms with Crippen LogP contribution in [0.5, 0.6) is 11.5 Å². The fourth-order valence-corrected chi connectivity index (χ4v) is 1.90. The van der Waals surface area contributed by atoms with E-state index in [-0.39, 0.29) is 11.5 Å². The summed E-state index contributed by atoms with van der Waals surface area (Å²) >= 11 is 0. The van der Waals surface area contributed by atoms with E-state index in [9.17, 15) is 9.90 Å². The average molecular weight is 281 g/mol. The lowest BCUT2D eigenvalue weighted by Crippen LogP contribution is -1.83. The van der Waals surface area contributed by atoms with E-state index in [0.717, 1.165) is 10.8 Å². The number of rotatable bonds is 1. The minimum atomic E-state index is 0.0358. The molecule has 106 valence electrons. The van der Waals surface area contributed by atoms with Gasteiger partial charge >= 0.3 is 0 Å². The lowest BCUT2D eigenvalue weighted by molar-refractivity contribution is 0.112. The summed E-state index contributed by atoms with van der Waals surface area (Å²) in [5, 5.41) is 19.9. The first-order valence-corrected chi connectivity index (χ1v) is 6.33. The van der Waals surface area contributed by atoms with Gasteiger partial charge in [-0.15, -0.1) is 0 Å². The van der Waals surface area contributed by atoms with Crippen LogP contribution in [-0.4, -0.2) is 16.5 Å². The number of para-hydroxylation sites is 2. The Bertz CT molecular complexity index is 748. The van der Waals surface area contributed by atoms with Crippen molar-refractivity contribution in [2.75, 3.05) is 5.73 Å². The SMILES string of the molecule is Nc1ccccc1O.O=Cc1c(O)ccc2ccccc12. The number of aldehydes is 1. The molecule has 0 aliphatic rings. The molecular formula is C17H15NO3. The molecule has 0 saturated heterocycles. The Balaban J connectivity index is 0.000000173. The Labute approximate surface area is 122 Å². The van der Waals surface area contributed by atoms with Gasteiger partial charge in [0.1, 0.15) is 11.5 Å². The van der Waals surface area contributed by atoms with Gasteiger partial charge < -0.3 is 15.9 Å². The van der Waals surface area contributed by atoms with E-state index in [1.54, 1.807) is 30.3 Å². The molecular weight excluding hydrogens is 266 g/mol. The summed E-state index contributed by atoms with van der Waals surface area (Å²) < 4.78 is 0. The molecule has 0 aromatic heterocycles. The van der Waals surface area contributed by atoms with Gasteiger partial charge in [-0.2, -0.15) is 0 Å². The van der Waals surface area contributed by atoms with E-state index in [2.05, 4.69) is 0 Å². The van der Waals surface area contributed by atoms with Crippen molar-refractivity contribution in [3.8, 4) is 11.5 Å². The van der Waals surface area contributed by atoms with Gasteiger partial charge in [0.05, 0.1) is 11.3 Å². The maximum atomic E-state index is 10.7. The van der Waals surface area contributed by atoms with Crippen LogP contribution in [0.3, 0.4) is 0 Å². The van der Waals surface area contributed by atoms with Crippen LogP contribution in [0.15, 0.2) is 60.7 Å². The Kier molecular flexibility index (Phi) is 4.41. The molecule has 0 unspecified atom stereocenters. The Hall–Kier alpha value is -3.01. The minimum Gasteiger partial charge on any atom is -0.507 e. The second kappa shape index (κ2) is 6.43. The summed E-state index contributed by atoms with van der Waals surface area (Å²) in [6.07, 6.45) is 0.678. The summed E-state index contributed by atoms with van der Waals surface area (Å²) in [4.78, 5) is 10.7. The zero-order chi connectivity index (χ0) is 15.2. The third-order valence-corrected chi connectivity index (χ3v) is 3.00. The number of hydrogen-bond donors (Lipinski definition) is 3. The number of nitrogens with two attached hydrogens (primary N) is 1. The molecule has 3 rings (SSSR count). The number of phenolic OH excluding ortho intramolecular Hbond substituents is 2. The van der Waals surface area contributed by atoms with Gasteiger partial charge in [-0.1, -0.05) is 42.5 Å². The molecule has 0 saturated carbocycles. The standard InChI is InChI=1S/C11H8O2.C6H7NO/c12-7-10-9-4-2-1-3-8(9)5-6-11(10)13;7-5-3-1-2-4-6(5)8/h1-7,13H;1-4,8H,7H2. The molecule has 0 aliphatic heterocycles. The second-order valence-corrected chi connectivity index (χ2v) is 4.40. The van der Waals surface area contributed by atoms with E-state index in [0.29, 0.717) is 17.5 Å². The number of fused-ring (bicyclic) bond motifs is 1. The molecule has 0 aliphatic carbocycles. The van der Waals surface area contributed by atoms with Crippen molar-refractivity contribution >= 4 is 22.7 Å². The first-order valence-electron chi connectivity index (χ1n) is 6.33. The van der Waals surface area contributed by atoms with Crippen LogP contribution in [0.2, 0.25) is 0 Å². The number of carbonyl (C=O) groups excluding carboxylic acids is 1. The van der Waals surface area contributed by atoms with E-state index in [4.69, 9.17) is 10.8 Å². The van der Waals surface area contributed by atoms with Crippen LogP contribution in [0, 0.1) is 0 Å². The van der Waals surface area contributed by atoms with Gasteiger partial charge in [-0.05, 0) is 29.0 Å². The first-order chi connectivity index (χ1) is 10.1. The minimum absolute atomic E-state index is 0.0358. The zero-order valence-electron chi connectivity index (χ0n) is 11.2. The highest BCUT2D eigenvalue weighted by atomic mass is 16.3. The fourth-order valence-electron chi connectivity index (χ4n) is 1.90. The predicted molar refractivity (Wildman–Crippen MR) is 83.5 cm³/mol. The van der Waals surface area contributed by atoms with Crippen molar-refractivity contribution < 1.29 is 15.0 Å². The molecule has 0 radical (unpaired) electrons. The smallest absolute Gasteiger partial charge is 0.154 e. The molecule has 0 spiro atoms. The summed E-state index contributed by atoms with van der Waals surface area (Å²) in [5.74, 6) is 0.182. The highest BCUT2D eigenvalue weighted by Crippen LogP contribution is 2.24. The molecule has 0 fully saturated rings. The van der Waals surface area contributed by atoms with Crippen molar-refractivity contribution in [1.29, 1.82) is 0 Å². The van der Waals surface area contributed by atoms with Gasteiger partial charge in [0.2, 0.25) is 0 Å². The van der Waals surface area contributed by atoms with Crippen LogP contribution >= 0.6 is 0 Å². The molecule has 4 heteroatoms. The number of nitrogen functional groups attached to an aromatic ring is 1. The second-order valence-electron chi connectivity index (χ2n) is 4.40. The van der Waals surface area contributed by atoms with E-state index >= 15 is 0 Å². The van der Waals surface area contributed by atoms with Crippen LogP contribution in [0.1, 0.15) is 10.4 Å². The number of benzene rings is 3. The largest absolute Gasteiger partial charge is 0.507 e. The zero-order valence-corrected chi connectivity index (χ0v) is 11.2. The molecule has 0 amide bonds. The maximum absolute atomic E-state index is 10.7. The van der Waals surface area contributed by atoms with Crippen molar-refractivity contribution in [3.63, 3.8) is 0 Å². The van der Waals surface area contributed by atoms with E-state index in [1.165, 1.54) is 6.07 Å². The lowest BCUT2D eigenvalue weighted by atomic mass is 10.0. The third kappa shape index (κ3) is 3.30. The first kappa shape index (κ1) is 14.4. The number of aromatic hydroxyl groups is 2. The summed E-state index contributed by atoms with van der Waals surface area (Å²) in [5.41, 5.74) is 6.05. The topological polar surface area (TPSA) is 83.5 Å². The average Bonchev–Trinajstić information content (AvgIpc) is 2.51. The Morgan fingerprint density at radius 3 is 2.10 bits per heavy atom. The van der Waals surface area contributed by atoms with Crippen molar-refractivity contribution in [1.82, 2.24) is 0 Å². The summed E-state index contributed by atoms with van der Waals surface area (Å²) in [6.45, 7) is 0. The van der Waals surface area contributed by atoms with Gasteiger partial charge in [0, 0.05) is 0 Å². The van der Waals surface area contributed by atoms with E-state index in [1.807, 2.05) is 24.3 Å². The molecule has 4 N–H and O–H groups in total. The molecule has 0 heterocycles. The van der Waals surface area contributed by atoms with Crippen LogP contribution in [-0.2, 0) is 0 Å². The van der Waals surface area contributed by atoms with Crippen molar-refractivity contribution in [2.45, 2.75) is 0 Å². The van der Waals surface area contributed by atoms with Crippen LogP contribution in [0.4, 0.5) is 5.69 Å². The van der Waals surface area contributed by atoms with Crippen molar-refractivity contribution in [2.24, 2.45) is 0 Å². The molecule has 0 atom stereocenters. The summed E-state index contributed by atoms with van der Waals surface area (Å²) in [6, 6.07) is 17.5. The molecule has 3 aromatic carbocycles. The quantitative estimate of drug-likeness (QED) is 0.363. The lowest BCUT2D eigenvalue weighted by Gasteiger charge is -2.01. The number of phenols is 2. The van der Waals surface area contributed by atoms with Gasteiger partial charge in [0.25, 0.3) is 0 Å². The Morgan fingerprint density at radius 2 is 1.48 bits per heavy atom. The van der Waals surface area contributed by atoms with E-state index < -0.39 is 0 Å².